The van der Waals surface area contributed by atoms with Crippen LogP contribution in [0.5, 0.6) is 0 Å². The van der Waals surface area contributed by atoms with Crippen molar-refractivity contribution in [3.63, 3.8) is 0 Å². The summed E-state index contributed by atoms with van der Waals surface area (Å²) in [7, 11) is 1.56. The standard InChI is InChI=1S/C22H35N3O6.3C2H6/c1-12-10-17(26)14(3)20(27)30-11-22(5)19-15(4)18(13(2)9-16(12)24-29-6)23-7-8-25(19)21(28)31-22;3*1-2/h12-16,19,24H,7-11H2,1-6H3;3*1-2H3/t12-,13-,14?,15?,16?,19?,22-;;;/m1.../s1. The Morgan fingerprint density at radius 3 is 2.19 bits per heavy atom. The van der Waals surface area contributed by atoms with Crippen LogP contribution in [0.3, 0.4) is 0 Å². The molecule has 37 heavy (non-hydrogen) atoms. The van der Waals surface area contributed by atoms with E-state index in [1.165, 1.54) is 0 Å². The lowest BCUT2D eigenvalue weighted by Gasteiger charge is -2.37. The van der Waals surface area contributed by atoms with Crippen molar-refractivity contribution in [2.24, 2.45) is 28.7 Å². The van der Waals surface area contributed by atoms with E-state index >= 15 is 0 Å². The summed E-state index contributed by atoms with van der Waals surface area (Å²) in [6, 6.07) is -0.408. The first-order valence-corrected chi connectivity index (χ1v) is 14.1. The van der Waals surface area contributed by atoms with Crippen LogP contribution < -0.4 is 5.48 Å². The number of cyclic esters (lactones) is 1. The molecule has 1 amide bonds. The first-order chi connectivity index (χ1) is 17.6. The number of esters is 1. The summed E-state index contributed by atoms with van der Waals surface area (Å²) in [6.07, 6.45) is 0.525. The summed E-state index contributed by atoms with van der Waals surface area (Å²) in [4.78, 5) is 49.8. The van der Waals surface area contributed by atoms with Gasteiger partial charge in [-0.25, -0.2) is 4.79 Å². The topological polar surface area (TPSA) is 107 Å². The maximum atomic E-state index is 12.7. The summed E-state index contributed by atoms with van der Waals surface area (Å²) >= 11 is 0. The SMILES string of the molecule is CC.CC.CC.CONC1C[C@@H](C)C2=NCCN3C(=O)O[C@](C)(COC(=O)C(C)C(=O)C[C@H]1C)C3C2C. The number of aliphatic imine (C=N–C) groups is 1. The van der Waals surface area contributed by atoms with Gasteiger partial charge in [0.25, 0.3) is 0 Å². The molecule has 3 rings (SSSR count). The number of nitrogens with zero attached hydrogens (tertiary/aromatic N) is 2. The van der Waals surface area contributed by atoms with Gasteiger partial charge in [0.05, 0.1) is 19.7 Å². The number of hydrogen-bond acceptors (Lipinski definition) is 8. The zero-order valence-electron chi connectivity index (χ0n) is 25.3. The predicted molar refractivity (Wildman–Crippen MR) is 148 cm³/mol. The molecule has 0 saturated carbocycles. The average Bonchev–Trinajstić information content (AvgIpc) is 3.02. The molecule has 0 aromatic heterocycles. The third kappa shape index (κ3) is 8.50. The molecular formula is C28H53N3O6. The van der Waals surface area contributed by atoms with E-state index in [1.54, 1.807) is 25.9 Å². The number of amides is 1. The second kappa shape index (κ2) is 16.8. The third-order valence-electron chi connectivity index (χ3n) is 7.02. The van der Waals surface area contributed by atoms with Gasteiger partial charge in [-0.1, -0.05) is 62.3 Å². The van der Waals surface area contributed by atoms with Crippen LogP contribution in [0.15, 0.2) is 4.99 Å². The highest BCUT2D eigenvalue weighted by Crippen LogP contribution is 2.38. The van der Waals surface area contributed by atoms with Crippen LogP contribution in [0.1, 0.15) is 89.0 Å². The quantitative estimate of drug-likeness (QED) is 0.304. The van der Waals surface area contributed by atoms with Gasteiger partial charge in [0.2, 0.25) is 0 Å². The van der Waals surface area contributed by atoms with Crippen LogP contribution in [0.2, 0.25) is 0 Å². The second-order valence-corrected chi connectivity index (χ2v) is 9.46. The van der Waals surface area contributed by atoms with E-state index in [1.807, 2.05) is 48.5 Å². The molecule has 9 nitrogen and oxygen atoms in total. The van der Waals surface area contributed by atoms with Gasteiger partial charge in [-0.3, -0.25) is 19.5 Å². The van der Waals surface area contributed by atoms with Crippen molar-refractivity contribution >= 4 is 23.6 Å². The molecule has 9 heteroatoms. The molecule has 7 atom stereocenters. The lowest BCUT2D eigenvalue weighted by Crippen LogP contribution is -2.53. The van der Waals surface area contributed by atoms with Gasteiger partial charge < -0.3 is 14.3 Å². The van der Waals surface area contributed by atoms with Gasteiger partial charge in [-0.05, 0) is 32.1 Å². The molecule has 2 bridgehead atoms. The van der Waals surface area contributed by atoms with Gasteiger partial charge in [0.15, 0.2) is 5.60 Å². The molecule has 1 N–H and O–H groups in total. The van der Waals surface area contributed by atoms with Gasteiger partial charge in [-0.15, -0.1) is 0 Å². The fourth-order valence-corrected chi connectivity index (χ4v) is 5.26. The summed E-state index contributed by atoms with van der Waals surface area (Å²) < 4.78 is 11.3. The predicted octanol–water partition coefficient (Wildman–Crippen LogP) is 5.07. The second-order valence-electron chi connectivity index (χ2n) is 9.46. The molecular weight excluding hydrogens is 474 g/mol. The lowest BCUT2D eigenvalue weighted by atomic mass is 9.77. The van der Waals surface area contributed by atoms with Crippen molar-refractivity contribution in [3.05, 3.63) is 0 Å². The van der Waals surface area contributed by atoms with Crippen molar-refractivity contribution in [2.75, 3.05) is 26.8 Å². The molecule has 0 spiro atoms. The molecule has 3 aliphatic heterocycles. The van der Waals surface area contributed by atoms with Gasteiger partial charge >= 0.3 is 12.1 Å². The summed E-state index contributed by atoms with van der Waals surface area (Å²) in [5.74, 6) is -1.68. The number of carbonyl (C=O) groups excluding carboxylic acids is 3. The Morgan fingerprint density at radius 2 is 1.62 bits per heavy atom. The van der Waals surface area contributed by atoms with Gasteiger partial charge in [0, 0.05) is 30.6 Å². The van der Waals surface area contributed by atoms with Crippen LogP contribution in [0.4, 0.5) is 4.79 Å². The van der Waals surface area contributed by atoms with Crippen LogP contribution >= 0.6 is 0 Å². The van der Waals surface area contributed by atoms with E-state index in [-0.39, 0.29) is 48.6 Å². The smallest absolute Gasteiger partial charge is 0.410 e. The maximum Gasteiger partial charge on any atom is 0.410 e. The highest BCUT2D eigenvalue weighted by Gasteiger charge is 2.56. The Hall–Kier alpha value is -2.00. The molecule has 2 fully saturated rings. The largest absolute Gasteiger partial charge is 0.461 e. The zero-order valence-corrected chi connectivity index (χ0v) is 25.3. The van der Waals surface area contributed by atoms with Crippen LogP contribution in [0, 0.1) is 23.7 Å². The van der Waals surface area contributed by atoms with Crippen LogP contribution in [0.25, 0.3) is 0 Å². The number of hydrogen-bond donors (Lipinski definition) is 1. The summed E-state index contributed by atoms with van der Waals surface area (Å²) in [5, 5.41) is 0. The zero-order chi connectivity index (χ0) is 28.9. The molecule has 0 aliphatic carbocycles. The maximum absolute atomic E-state index is 12.7. The Bertz CT molecular complexity index is 758. The van der Waals surface area contributed by atoms with Crippen molar-refractivity contribution in [1.29, 1.82) is 0 Å². The number of rotatable bonds is 2. The fraction of sp³-hybridized carbons (Fsp3) is 0.857. The minimum absolute atomic E-state index is 0.0482. The molecule has 216 valence electrons. The van der Waals surface area contributed by atoms with E-state index in [4.69, 9.17) is 19.3 Å². The molecule has 3 aliphatic rings. The Balaban J connectivity index is 0.00000201. The average molecular weight is 528 g/mol. The third-order valence-corrected chi connectivity index (χ3v) is 7.02. The van der Waals surface area contributed by atoms with Crippen LogP contribution in [-0.2, 0) is 23.9 Å². The van der Waals surface area contributed by atoms with E-state index in [9.17, 15) is 14.4 Å². The number of nitrogens with one attached hydrogen (secondary N) is 1. The molecule has 0 radical (unpaired) electrons. The molecule has 2 saturated heterocycles. The number of ether oxygens (including phenoxy) is 2. The van der Waals surface area contributed by atoms with Gasteiger partial charge in [-0.2, -0.15) is 5.48 Å². The number of ketones is 1. The highest BCUT2D eigenvalue weighted by atomic mass is 16.6. The normalized spacial score (nSPS) is 33.9. The Morgan fingerprint density at radius 1 is 1.03 bits per heavy atom. The fourth-order valence-electron chi connectivity index (χ4n) is 5.26. The number of carbonyl (C=O) groups is 3. The molecule has 0 aromatic rings. The summed E-state index contributed by atoms with van der Waals surface area (Å²) in [5.41, 5.74) is 3.02. The minimum Gasteiger partial charge on any atom is -0.461 e. The Kier molecular flexibility index (Phi) is 15.9. The van der Waals surface area contributed by atoms with Crippen molar-refractivity contribution in [2.45, 2.75) is 107 Å². The molecule has 0 aromatic carbocycles. The van der Waals surface area contributed by atoms with Crippen molar-refractivity contribution < 1.29 is 28.7 Å². The van der Waals surface area contributed by atoms with E-state index < -0.39 is 23.6 Å². The molecule has 3 heterocycles. The van der Waals surface area contributed by atoms with E-state index in [0.29, 0.717) is 19.5 Å². The summed E-state index contributed by atoms with van der Waals surface area (Å²) in [6.45, 7) is 22.4. The highest BCUT2D eigenvalue weighted by molar-refractivity contribution is 5.98. The first kappa shape index (κ1) is 35.0. The van der Waals surface area contributed by atoms with Crippen LogP contribution in [-0.4, -0.2) is 72.9 Å². The van der Waals surface area contributed by atoms with E-state index in [0.717, 1.165) is 5.71 Å². The number of Topliss-reactive ketones (excluding diaryl/α,β-unsaturated/α-hetero) is 1. The van der Waals surface area contributed by atoms with E-state index in [2.05, 4.69) is 19.3 Å². The van der Waals surface area contributed by atoms with Gasteiger partial charge in [0.1, 0.15) is 18.3 Å². The molecule has 4 unspecified atom stereocenters. The Labute approximate surface area is 225 Å². The number of hydroxylamine groups is 1. The minimum atomic E-state index is -1.01. The van der Waals surface area contributed by atoms with Crippen molar-refractivity contribution in [1.82, 2.24) is 10.4 Å². The van der Waals surface area contributed by atoms with Crippen molar-refractivity contribution in [3.8, 4) is 0 Å². The first-order valence-electron chi connectivity index (χ1n) is 14.1. The lowest BCUT2D eigenvalue weighted by molar-refractivity contribution is -0.157. The monoisotopic (exact) mass is 527 g/mol. The number of fused-ring (bicyclic) bond motifs is 1.